The van der Waals surface area contributed by atoms with Crippen LogP contribution >= 0.6 is 0 Å². The van der Waals surface area contributed by atoms with Crippen molar-refractivity contribution in [1.82, 2.24) is 40.6 Å². The van der Waals surface area contributed by atoms with Crippen LogP contribution in [0.2, 0.25) is 0 Å². The molecule has 0 spiro atoms. The van der Waals surface area contributed by atoms with Gasteiger partial charge in [-0.15, -0.1) is 10.2 Å². The fraction of sp³-hybridized carbons (Fsp3) is 0.625. The molecule has 2 saturated heterocycles. The number of nitrogens with zero attached hydrogens (tertiary/aromatic N) is 6. The van der Waals surface area contributed by atoms with Gasteiger partial charge in [-0.3, -0.25) is 9.59 Å². The lowest BCUT2D eigenvalue weighted by atomic mass is 9.97. The second-order valence-corrected chi connectivity index (χ2v) is 12.6. The van der Waals surface area contributed by atoms with Gasteiger partial charge in [0.1, 0.15) is 84.8 Å². The molecule has 2 aliphatic rings. The fourth-order valence-electron chi connectivity index (χ4n) is 5.73. The third-order valence-electron chi connectivity index (χ3n) is 8.48. The Morgan fingerprint density at radius 1 is 0.685 bits per heavy atom. The first-order valence-electron chi connectivity index (χ1n) is 17.1. The molecule has 0 bridgehead atoms. The maximum absolute atomic E-state index is 11.6. The number of ether oxygens (including phenoxy) is 6. The van der Waals surface area contributed by atoms with E-state index in [9.17, 15) is 40.2 Å². The normalized spacial score (nSPS) is 28.4. The summed E-state index contributed by atoms with van der Waals surface area (Å²) in [6, 6.07) is 4.81. The smallest absolute Gasteiger partial charge is 0.217 e. The van der Waals surface area contributed by atoms with E-state index in [4.69, 9.17) is 28.4 Å². The van der Waals surface area contributed by atoms with Crippen LogP contribution in [-0.2, 0) is 54.8 Å². The van der Waals surface area contributed by atoms with E-state index in [1.807, 2.05) is 0 Å². The van der Waals surface area contributed by atoms with Crippen LogP contribution in [0.25, 0.3) is 0 Å². The van der Waals surface area contributed by atoms with Crippen LogP contribution < -0.4 is 20.1 Å². The molecule has 22 nitrogen and oxygen atoms in total. The van der Waals surface area contributed by atoms with Gasteiger partial charge >= 0.3 is 0 Å². The minimum atomic E-state index is -1.41. The summed E-state index contributed by atoms with van der Waals surface area (Å²) in [4.78, 5) is 23.2. The molecule has 3 aromatic rings. The van der Waals surface area contributed by atoms with Gasteiger partial charge in [0.05, 0.1) is 51.9 Å². The van der Waals surface area contributed by atoms with Gasteiger partial charge in [0.2, 0.25) is 11.8 Å². The minimum Gasteiger partial charge on any atom is -0.487 e. The lowest BCUT2D eigenvalue weighted by Crippen LogP contribution is -2.64. The minimum absolute atomic E-state index is 0.0551. The van der Waals surface area contributed by atoms with Gasteiger partial charge in [-0.25, -0.2) is 9.36 Å². The Hall–Kier alpha value is -4.36. The molecule has 0 saturated carbocycles. The predicted octanol–water partition coefficient (Wildman–Crippen LogP) is -4.05. The standard InChI is InChI=1S/C32H46N8O14/c1-17(43)33-25-29(47)27(45)23(13-41)53-31(25)49-9-7-39-11-19(35-37-39)15-51-21-3-5-22(6-4-21)52-16-20-12-40(38-36-20)8-10-50-32-26(34-18(2)44)30(48)28(46)24(14-42)54-32/h3-6,11-12,23-32,41-42,45-48H,7-10,13-16H2,1-2H3,(H,33,43)(H,34,44)/t23-,24-,25-,26-,27-,28-,29-,30-,31+,32+/m1/s1. The molecule has 2 amide bonds. The van der Waals surface area contributed by atoms with Crippen molar-refractivity contribution in [3.63, 3.8) is 0 Å². The molecule has 10 atom stereocenters. The van der Waals surface area contributed by atoms with E-state index < -0.39 is 86.3 Å². The van der Waals surface area contributed by atoms with Gasteiger partial charge in [-0.2, -0.15) is 0 Å². The van der Waals surface area contributed by atoms with Crippen molar-refractivity contribution in [1.29, 1.82) is 0 Å². The molecule has 0 aliphatic carbocycles. The van der Waals surface area contributed by atoms with Crippen LogP contribution in [0.4, 0.5) is 0 Å². The summed E-state index contributed by atoms with van der Waals surface area (Å²) in [5.74, 6) is 0.208. The van der Waals surface area contributed by atoms with Crippen molar-refractivity contribution in [2.75, 3.05) is 26.4 Å². The van der Waals surface area contributed by atoms with Crippen molar-refractivity contribution in [2.45, 2.75) is 101 Å². The number of aliphatic hydroxyl groups excluding tert-OH is 6. The number of carbonyl (C=O) groups excluding carboxylic acids is 2. The van der Waals surface area contributed by atoms with Gasteiger partial charge in [0.15, 0.2) is 12.6 Å². The number of rotatable bonds is 18. The average Bonchev–Trinajstić information content (AvgIpc) is 3.81. The number of amides is 2. The summed E-state index contributed by atoms with van der Waals surface area (Å²) >= 11 is 0. The van der Waals surface area contributed by atoms with Crippen LogP contribution in [0.3, 0.4) is 0 Å². The highest BCUT2D eigenvalue weighted by atomic mass is 16.7. The first kappa shape index (κ1) is 40.8. The quantitative estimate of drug-likeness (QED) is 0.0611. The Labute approximate surface area is 308 Å². The van der Waals surface area contributed by atoms with Crippen molar-refractivity contribution in [2.24, 2.45) is 0 Å². The van der Waals surface area contributed by atoms with Crippen molar-refractivity contribution >= 4 is 11.8 Å². The van der Waals surface area contributed by atoms with E-state index in [2.05, 4.69) is 31.3 Å². The highest BCUT2D eigenvalue weighted by Gasteiger charge is 2.46. The van der Waals surface area contributed by atoms with Crippen molar-refractivity contribution in [3.8, 4) is 11.5 Å². The molecular formula is C32H46N8O14. The molecule has 0 radical (unpaired) electrons. The maximum atomic E-state index is 11.6. The van der Waals surface area contributed by atoms with Crippen LogP contribution in [0, 0.1) is 0 Å². The van der Waals surface area contributed by atoms with Crippen LogP contribution in [-0.4, -0.2) is 160 Å². The summed E-state index contributed by atoms with van der Waals surface area (Å²) in [5.41, 5.74) is 1.08. The second kappa shape index (κ2) is 19.3. The summed E-state index contributed by atoms with van der Waals surface area (Å²) in [7, 11) is 0. The highest BCUT2D eigenvalue weighted by Crippen LogP contribution is 2.24. The predicted molar refractivity (Wildman–Crippen MR) is 178 cm³/mol. The van der Waals surface area contributed by atoms with Gasteiger partial charge in [0.25, 0.3) is 0 Å². The van der Waals surface area contributed by atoms with E-state index in [0.29, 0.717) is 22.9 Å². The van der Waals surface area contributed by atoms with E-state index >= 15 is 0 Å². The molecule has 1 aromatic carbocycles. The van der Waals surface area contributed by atoms with Crippen molar-refractivity contribution in [3.05, 3.63) is 48.0 Å². The summed E-state index contributed by atoms with van der Waals surface area (Å²) < 4.78 is 37.2. The lowest BCUT2D eigenvalue weighted by Gasteiger charge is -2.42. The number of hydrogen-bond acceptors (Lipinski definition) is 18. The largest absolute Gasteiger partial charge is 0.487 e. The number of hydrogen-bond donors (Lipinski definition) is 8. The van der Waals surface area contributed by atoms with E-state index in [1.54, 1.807) is 36.7 Å². The topological polar surface area (TPSA) is 296 Å². The van der Waals surface area contributed by atoms with Crippen molar-refractivity contribution < 1.29 is 68.6 Å². The van der Waals surface area contributed by atoms with Crippen LogP contribution in [0.15, 0.2) is 36.7 Å². The second-order valence-electron chi connectivity index (χ2n) is 12.6. The zero-order valence-electron chi connectivity index (χ0n) is 29.5. The number of nitrogens with one attached hydrogen (secondary N) is 2. The molecule has 22 heteroatoms. The number of benzene rings is 1. The number of carbonyl (C=O) groups is 2. The Morgan fingerprint density at radius 2 is 1.07 bits per heavy atom. The Kier molecular flexibility index (Phi) is 14.6. The molecule has 2 aromatic heterocycles. The third kappa shape index (κ3) is 10.9. The molecule has 4 heterocycles. The molecule has 2 aliphatic heterocycles. The van der Waals surface area contributed by atoms with Crippen LogP contribution in [0.1, 0.15) is 25.2 Å². The molecule has 54 heavy (non-hydrogen) atoms. The molecule has 2 fully saturated rings. The summed E-state index contributed by atoms with van der Waals surface area (Å²) in [6.45, 7) is 2.27. The Bertz CT molecular complexity index is 1510. The van der Waals surface area contributed by atoms with Gasteiger partial charge < -0.3 is 69.7 Å². The molecule has 8 N–H and O–H groups in total. The Morgan fingerprint density at radius 3 is 1.43 bits per heavy atom. The van der Waals surface area contributed by atoms with Gasteiger partial charge in [-0.05, 0) is 24.3 Å². The lowest BCUT2D eigenvalue weighted by molar-refractivity contribution is -0.270. The average molecular weight is 767 g/mol. The highest BCUT2D eigenvalue weighted by molar-refractivity contribution is 5.73. The zero-order chi connectivity index (χ0) is 38.8. The molecule has 298 valence electrons. The monoisotopic (exact) mass is 766 g/mol. The number of aliphatic hydroxyl groups is 6. The van der Waals surface area contributed by atoms with Gasteiger partial charge in [-0.1, -0.05) is 10.4 Å². The first-order chi connectivity index (χ1) is 25.9. The molecular weight excluding hydrogens is 720 g/mol. The van der Waals surface area contributed by atoms with E-state index in [0.717, 1.165) is 0 Å². The first-order valence-corrected chi connectivity index (χ1v) is 17.1. The van der Waals surface area contributed by atoms with E-state index in [1.165, 1.54) is 23.2 Å². The Balaban J connectivity index is 1.01. The zero-order valence-corrected chi connectivity index (χ0v) is 29.5. The number of aromatic nitrogens is 6. The third-order valence-corrected chi connectivity index (χ3v) is 8.48. The summed E-state index contributed by atoms with van der Waals surface area (Å²) in [6.07, 6.45) is -6.70. The maximum Gasteiger partial charge on any atom is 0.217 e. The SMILES string of the molecule is CC(=O)N[C@H]1[C@@H](OCCn2cc(COc3ccc(OCc4cn(CCO[C@H]5O[C@H](CO)[C@@H](O)[C@H](O)[C@H]5NC(C)=O)nn4)cc3)nn2)O[C@H](CO)[C@@H](O)[C@@H]1O. The molecule has 5 rings (SSSR count). The van der Waals surface area contributed by atoms with Crippen LogP contribution in [0.5, 0.6) is 11.5 Å². The molecule has 0 unspecified atom stereocenters. The summed E-state index contributed by atoms with van der Waals surface area (Å²) in [5, 5.41) is 81.3. The van der Waals surface area contributed by atoms with Gasteiger partial charge in [0, 0.05) is 13.8 Å². The fourth-order valence-corrected chi connectivity index (χ4v) is 5.73. The van der Waals surface area contributed by atoms with E-state index in [-0.39, 0.29) is 39.5 Å².